The Labute approximate surface area is 172 Å². The standard InChI is InChI=1S/C25H30F2N2/c1-18(2)20(4)29(16-22-14-23(26)10-11-25(22)27)17-24-9-6-12-28(24)15-21-8-5-7-19(3)13-21/h5-14,18,20H,15-17H2,1-4H3. The fraction of sp³-hybridized carbons (Fsp3) is 0.360. The van der Waals surface area contributed by atoms with Crippen molar-refractivity contribution in [2.45, 2.75) is 53.4 Å². The van der Waals surface area contributed by atoms with Crippen molar-refractivity contribution in [1.82, 2.24) is 9.47 Å². The van der Waals surface area contributed by atoms with Crippen LogP contribution in [0.15, 0.2) is 60.8 Å². The van der Waals surface area contributed by atoms with Crippen molar-refractivity contribution < 1.29 is 8.78 Å². The molecule has 154 valence electrons. The zero-order valence-corrected chi connectivity index (χ0v) is 17.7. The van der Waals surface area contributed by atoms with E-state index in [4.69, 9.17) is 0 Å². The van der Waals surface area contributed by atoms with Crippen LogP contribution in [0.4, 0.5) is 8.78 Å². The van der Waals surface area contributed by atoms with Crippen molar-refractivity contribution in [3.63, 3.8) is 0 Å². The minimum absolute atomic E-state index is 0.222. The van der Waals surface area contributed by atoms with Crippen LogP contribution in [0.25, 0.3) is 0 Å². The Morgan fingerprint density at radius 3 is 2.45 bits per heavy atom. The second-order valence-corrected chi connectivity index (χ2v) is 8.24. The van der Waals surface area contributed by atoms with Crippen molar-refractivity contribution in [3.05, 3.63) is 94.8 Å². The van der Waals surface area contributed by atoms with E-state index in [9.17, 15) is 8.78 Å². The molecule has 0 N–H and O–H groups in total. The van der Waals surface area contributed by atoms with Gasteiger partial charge in [-0.2, -0.15) is 0 Å². The normalized spacial score (nSPS) is 12.7. The Hall–Kier alpha value is -2.46. The van der Waals surface area contributed by atoms with Crippen molar-refractivity contribution in [2.24, 2.45) is 5.92 Å². The molecule has 0 saturated heterocycles. The van der Waals surface area contributed by atoms with Gasteiger partial charge in [-0.15, -0.1) is 0 Å². The molecule has 0 spiro atoms. The third-order valence-electron chi connectivity index (χ3n) is 5.65. The Morgan fingerprint density at radius 1 is 0.931 bits per heavy atom. The molecule has 0 aliphatic carbocycles. The maximum Gasteiger partial charge on any atom is 0.127 e. The zero-order chi connectivity index (χ0) is 21.0. The molecule has 2 nitrogen and oxygen atoms in total. The van der Waals surface area contributed by atoms with Crippen LogP contribution < -0.4 is 0 Å². The molecule has 1 heterocycles. The lowest BCUT2D eigenvalue weighted by Crippen LogP contribution is -2.36. The highest BCUT2D eigenvalue weighted by atomic mass is 19.1. The molecule has 3 aromatic rings. The van der Waals surface area contributed by atoms with E-state index in [-0.39, 0.29) is 11.9 Å². The fourth-order valence-corrected chi connectivity index (χ4v) is 3.61. The van der Waals surface area contributed by atoms with Crippen LogP contribution in [0.3, 0.4) is 0 Å². The molecule has 1 atom stereocenters. The number of nitrogens with zero attached hydrogens (tertiary/aromatic N) is 2. The number of aromatic nitrogens is 1. The third kappa shape index (κ3) is 5.54. The van der Waals surface area contributed by atoms with E-state index in [1.54, 1.807) is 0 Å². The number of hydrogen-bond acceptors (Lipinski definition) is 1. The summed E-state index contributed by atoms with van der Waals surface area (Å²) in [6.45, 7) is 10.4. The molecule has 0 aliphatic rings. The summed E-state index contributed by atoms with van der Waals surface area (Å²) in [6.07, 6.45) is 2.08. The molecule has 0 aliphatic heterocycles. The fourth-order valence-electron chi connectivity index (χ4n) is 3.61. The van der Waals surface area contributed by atoms with Gasteiger partial charge >= 0.3 is 0 Å². The van der Waals surface area contributed by atoms with E-state index in [1.165, 1.54) is 29.3 Å². The first-order valence-corrected chi connectivity index (χ1v) is 10.2. The van der Waals surface area contributed by atoms with E-state index in [0.29, 0.717) is 24.6 Å². The lowest BCUT2D eigenvalue weighted by molar-refractivity contribution is 0.146. The predicted molar refractivity (Wildman–Crippen MR) is 115 cm³/mol. The zero-order valence-electron chi connectivity index (χ0n) is 17.7. The molecular formula is C25H30F2N2. The quantitative estimate of drug-likeness (QED) is 0.442. The first kappa shape index (κ1) is 21.3. The SMILES string of the molecule is Cc1cccc(Cn2cccc2CN(Cc2cc(F)ccc2F)C(C)C(C)C)c1. The van der Waals surface area contributed by atoms with Crippen LogP contribution in [-0.4, -0.2) is 15.5 Å². The largest absolute Gasteiger partial charge is 0.346 e. The van der Waals surface area contributed by atoms with Crippen LogP contribution in [-0.2, 0) is 19.6 Å². The summed E-state index contributed by atoms with van der Waals surface area (Å²) >= 11 is 0. The highest BCUT2D eigenvalue weighted by molar-refractivity contribution is 5.24. The summed E-state index contributed by atoms with van der Waals surface area (Å²) in [4.78, 5) is 2.23. The van der Waals surface area contributed by atoms with Crippen LogP contribution >= 0.6 is 0 Å². The van der Waals surface area contributed by atoms with Gasteiger partial charge in [0.15, 0.2) is 0 Å². The van der Waals surface area contributed by atoms with Crippen molar-refractivity contribution in [1.29, 1.82) is 0 Å². The molecule has 0 saturated carbocycles. The number of rotatable bonds is 8. The summed E-state index contributed by atoms with van der Waals surface area (Å²) in [5.74, 6) is -0.365. The molecule has 0 radical (unpaired) electrons. The highest BCUT2D eigenvalue weighted by Crippen LogP contribution is 2.21. The maximum atomic E-state index is 14.3. The summed E-state index contributed by atoms with van der Waals surface area (Å²) in [7, 11) is 0. The van der Waals surface area contributed by atoms with Crippen molar-refractivity contribution in [2.75, 3.05) is 0 Å². The highest BCUT2D eigenvalue weighted by Gasteiger charge is 2.21. The summed E-state index contributed by atoms with van der Waals surface area (Å²) in [5.41, 5.74) is 4.06. The molecule has 0 bridgehead atoms. The van der Waals surface area contributed by atoms with E-state index >= 15 is 0 Å². The topological polar surface area (TPSA) is 8.17 Å². The second kappa shape index (κ2) is 9.36. The Kier molecular flexibility index (Phi) is 6.86. The predicted octanol–water partition coefficient (Wildman–Crippen LogP) is 6.17. The number of benzene rings is 2. The lowest BCUT2D eigenvalue weighted by atomic mass is 10.0. The first-order valence-electron chi connectivity index (χ1n) is 10.2. The third-order valence-corrected chi connectivity index (χ3v) is 5.65. The average molecular weight is 397 g/mol. The van der Waals surface area contributed by atoms with Crippen LogP contribution in [0.1, 0.15) is 43.2 Å². The smallest absolute Gasteiger partial charge is 0.127 e. The molecule has 4 heteroatoms. The van der Waals surface area contributed by atoms with E-state index in [1.807, 2.05) is 6.07 Å². The molecule has 0 amide bonds. The van der Waals surface area contributed by atoms with E-state index < -0.39 is 5.82 Å². The Balaban J connectivity index is 1.83. The van der Waals surface area contributed by atoms with Gasteiger partial charge in [-0.1, -0.05) is 43.7 Å². The van der Waals surface area contributed by atoms with Gasteiger partial charge < -0.3 is 4.57 Å². The van der Waals surface area contributed by atoms with E-state index in [2.05, 4.69) is 73.7 Å². The number of aryl methyl sites for hydroxylation is 1. The molecule has 29 heavy (non-hydrogen) atoms. The Bertz CT molecular complexity index is 946. The van der Waals surface area contributed by atoms with Gasteiger partial charge in [0.25, 0.3) is 0 Å². The molecule has 3 rings (SSSR count). The van der Waals surface area contributed by atoms with E-state index in [0.717, 1.165) is 12.2 Å². The minimum Gasteiger partial charge on any atom is -0.346 e. The van der Waals surface area contributed by atoms with Crippen molar-refractivity contribution >= 4 is 0 Å². The maximum absolute atomic E-state index is 14.3. The summed E-state index contributed by atoms with van der Waals surface area (Å²) < 4.78 is 30.2. The van der Waals surface area contributed by atoms with Gasteiger partial charge in [-0.3, -0.25) is 4.90 Å². The van der Waals surface area contributed by atoms with Gasteiger partial charge in [-0.25, -0.2) is 8.78 Å². The molecule has 0 fully saturated rings. The van der Waals surface area contributed by atoms with Gasteiger partial charge in [-0.05, 0) is 55.7 Å². The van der Waals surface area contributed by atoms with Gasteiger partial charge in [0.2, 0.25) is 0 Å². The van der Waals surface area contributed by atoms with Crippen LogP contribution in [0, 0.1) is 24.5 Å². The van der Waals surface area contributed by atoms with Gasteiger partial charge in [0.1, 0.15) is 11.6 Å². The monoisotopic (exact) mass is 396 g/mol. The van der Waals surface area contributed by atoms with Crippen molar-refractivity contribution in [3.8, 4) is 0 Å². The molecular weight excluding hydrogens is 366 g/mol. The number of hydrogen-bond donors (Lipinski definition) is 0. The minimum atomic E-state index is -0.402. The molecule has 1 aromatic heterocycles. The van der Waals surface area contributed by atoms with Gasteiger partial charge in [0.05, 0.1) is 0 Å². The Morgan fingerprint density at radius 2 is 1.72 bits per heavy atom. The first-order chi connectivity index (χ1) is 13.8. The van der Waals surface area contributed by atoms with Crippen LogP contribution in [0.5, 0.6) is 0 Å². The van der Waals surface area contributed by atoms with Crippen LogP contribution in [0.2, 0.25) is 0 Å². The summed E-state index contributed by atoms with van der Waals surface area (Å²) in [6, 6.07) is 16.6. The second-order valence-electron chi connectivity index (χ2n) is 8.24. The number of halogens is 2. The molecule has 1 unspecified atom stereocenters. The van der Waals surface area contributed by atoms with Gasteiger partial charge in [0, 0.05) is 43.1 Å². The summed E-state index contributed by atoms with van der Waals surface area (Å²) in [5, 5.41) is 0. The molecule has 2 aromatic carbocycles. The lowest BCUT2D eigenvalue weighted by Gasteiger charge is -2.32. The average Bonchev–Trinajstić information content (AvgIpc) is 3.10.